The lowest BCUT2D eigenvalue weighted by atomic mass is 10.0. The van der Waals surface area contributed by atoms with Gasteiger partial charge >= 0.3 is 0 Å². The van der Waals surface area contributed by atoms with E-state index in [1.807, 2.05) is 18.2 Å². The first-order valence-corrected chi connectivity index (χ1v) is 7.69. The van der Waals surface area contributed by atoms with Gasteiger partial charge in [-0.05, 0) is 36.6 Å². The van der Waals surface area contributed by atoms with Crippen LogP contribution in [0.15, 0.2) is 36.4 Å². The van der Waals surface area contributed by atoms with Crippen molar-refractivity contribution in [3.63, 3.8) is 0 Å². The normalized spacial score (nSPS) is 10.4. The summed E-state index contributed by atoms with van der Waals surface area (Å²) >= 11 is 3.47. The highest BCUT2D eigenvalue weighted by molar-refractivity contribution is 9.08. The van der Waals surface area contributed by atoms with E-state index in [1.165, 1.54) is 16.7 Å². The highest BCUT2D eigenvalue weighted by atomic mass is 79.9. The molecule has 0 atom stereocenters. The van der Waals surface area contributed by atoms with Crippen LogP contribution >= 0.6 is 15.9 Å². The number of benzene rings is 2. The minimum atomic E-state index is 0.556. The number of rotatable bonds is 5. The van der Waals surface area contributed by atoms with E-state index in [9.17, 15) is 0 Å². The van der Waals surface area contributed by atoms with E-state index in [1.54, 1.807) is 7.11 Å². The van der Waals surface area contributed by atoms with Gasteiger partial charge in [0.15, 0.2) is 11.5 Å². The second kappa shape index (κ2) is 6.80. The molecule has 0 N–H and O–H groups in total. The van der Waals surface area contributed by atoms with Gasteiger partial charge in [-0.3, -0.25) is 0 Å². The molecule has 0 aliphatic heterocycles. The van der Waals surface area contributed by atoms with Crippen molar-refractivity contribution in [3.8, 4) is 11.5 Å². The van der Waals surface area contributed by atoms with E-state index >= 15 is 0 Å². The lowest BCUT2D eigenvalue weighted by Crippen LogP contribution is -2.02. The van der Waals surface area contributed by atoms with Gasteiger partial charge in [0, 0.05) is 10.9 Å². The molecule has 106 valence electrons. The van der Waals surface area contributed by atoms with Gasteiger partial charge in [-0.25, -0.2) is 0 Å². The zero-order chi connectivity index (χ0) is 14.5. The minimum absolute atomic E-state index is 0.556. The molecule has 2 nitrogen and oxygen atoms in total. The summed E-state index contributed by atoms with van der Waals surface area (Å²) in [5.74, 6) is 1.59. The number of para-hydroxylation sites is 1. The van der Waals surface area contributed by atoms with Gasteiger partial charge in [0.25, 0.3) is 0 Å². The molecule has 2 rings (SSSR count). The molecule has 0 bridgehead atoms. The van der Waals surface area contributed by atoms with Gasteiger partial charge in [-0.2, -0.15) is 0 Å². The van der Waals surface area contributed by atoms with Gasteiger partial charge in [0.1, 0.15) is 6.61 Å². The maximum atomic E-state index is 5.97. The van der Waals surface area contributed by atoms with Crippen LogP contribution in [0.5, 0.6) is 11.5 Å². The van der Waals surface area contributed by atoms with Crippen molar-refractivity contribution in [1.82, 2.24) is 0 Å². The smallest absolute Gasteiger partial charge is 0.164 e. The Bertz CT molecular complexity index is 573. The first-order chi connectivity index (χ1) is 9.67. The van der Waals surface area contributed by atoms with Crippen molar-refractivity contribution in [2.24, 2.45) is 0 Å². The molecule has 0 aliphatic carbocycles. The van der Waals surface area contributed by atoms with Crippen LogP contribution in [-0.2, 0) is 11.9 Å². The van der Waals surface area contributed by atoms with Crippen LogP contribution in [-0.4, -0.2) is 7.11 Å². The number of aryl methyl sites for hydroxylation is 2. The van der Waals surface area contributed by atoms with E-state index in [-0.39, 0.29) is 0 Å². The number of ether oxygens (including phenoxy) is 2. The summed E-state index contributed by atoms with van der Waals surface area (Å²) in [6, 6.07) is 12.2. The summed E-state index contributed by atoms with van der Waals surface area (Å²) in [5, 5.41) is 0.747. The first kappa shape index (κ1) is 14.9. The van der Waals surface area contributed by atoms with E-state index < -0.39 is 0 Å². The second-order valence-corrected chi connectivity index (χ2v) is 5.30. The molecule has 0 spiro atoms. The standard InChI is InChI=1S/C17H19BrO2/c1-12-6-4-7-13(2)15(12)11-20-16-9-5-8-14(10-18)17(16)19-3/h4-9H,10-11H2,1-3H3. The summed E-state index contributed by atoms with van der Waals surface area (Å²) in [7, 11) is 1.67. The first-order valence-electron chi connectivity index (χ1n) is 6.57. The number of halogens is 1. The van der Waals surface area contributed by atoms with Crippen molar-refractivity contribution < 1.29 is 9.47 Å². The monoisotopic (exact) mass is 334 g/mol. The van der Waals surface area contributed by atoms with Gasteiger partial charge < -0.3 is 9.47 Å². The molecule has 0 fully saturated rings. The molecule has 20 heavy (non-hydrogen) atoms. The van der Waals surface area contributed by atoms with Crippen molar-refractivity contribution in [1.29, 1.82) is 0 Å². The van der Waals surface area contributed by atoms with Crippen molar-refractivity contribution in [2.45, 2.75) is 25.8 Å². The summed E-state index contributed by atoms with van der Waals surface area (Å²) < 4.78 is 11.4. The molecule has 0 heterocycles. The Morgan fingerprint density at radius 2 is 1.65 bits per heavy atom. The van der Waals surface area contributed by atoms with E-state index in [0.717, 1.165) is 22.4 Å². The second-order valence-electron chi connectivity index (χ2n) is 4.74. The van der Waals surface area contributed by atoms with Crippen molar-refractivity contribution in [2.75, 3.05) is 7.11 Å². The summed E-state index contributed by atoms with van der Waals surface area (Å²) in [4.78, 5) is 0. The number of hydrogen-bond acceptors (Lipinski definition) is 2. The average molecular weight is 335 g/mol. The third-order valence-corrected chi connectivity index (χ3v) is 4.03. The highest BCUT2D eigenvalue weighted by Crippen LogP contribution is 2.33. The van der Waals surface area contributed by atoms with Crippen LogP contribution in [0.3, 0.4) is 0 Å². The third kappa shape index (κ3) is 3.15. The Hall–Kier alpha value is -1.48. The van der Waals surface area contributed by atoms with Crippen molar-refractivity contribution in [3.05, 3.63) is 58.7 Å². The molecule has 2 aromatic carbocycles. The minimum Gasteiger partial charge on any atom is -0.493 e. The fourth-order valence-corrected chi connectivity index (χ4v) is 2.68. The molecule has 0 amide bonds. The number of alkyl halides is 1. The van der Waals surface area contributed by atoms with Gasteiger partial charge in [0.2, 0.25) is 0 Å². The Kier molecular flexibility index (Phi) is 5.07. The van der Waals surface area contributed by atoms with Crippen LogP contribution in [0, 0.1) is 13.8 Å². The lowest BCUT2D eigenvalue weighted by Gasteiger charge is -2.15. The molecule has 3 heteroatoms. The maximum absolute atomic E-state index is 5.97. The zero-order valence-electron chi connectivity index (χ0n) is 12.1. The molecule has 0 saturated heterocycles. The van der Waals surface area contributed by atoms with Crippen LogP contribution < -0.4 is 9.47 Å². The van der Waals surface area contributed by atoms with Crippen molar-refractivity contribution >= 4 is 15.9 Å². The Morgan fingerprint density at radius 1 is 1.00 bits per heavy atom. The molecule has 0 saturated carbocycles. The SMILES string of the molecule is COc1c(CBr)cccc1OCc1c(C)cccc1C. The predicted octanol–water partition coefficient (Wildman–Crippen LogP) is 4.79. The molecule has 0 aliphatic rings. The Morgan fingerprint density at radius 3 is 2.25 bits per heavy atom. The van der Waals surface area contributed by atoms with E-state index in [4.69, 9.17) is 9.47 Å². The molecule has 0 radical (unpaired) electrons. The summed E-state index contributed by atoms with van der Waals surface area (Å²) in [6.07, 6.45) is 0. The van der Waals surface area contributed by atoms with E-state index in [2.05, 4.69) is 48.0 Å². The van der Waals surface area contributed by atoms with Crippen LogP contribution in [0.2, 0.25) is 0 Å². The zero-order valence-corrected chi connectivity index (χ0v) is 13.7. The predicted molar refractivity (Wildman–Crippen MR) is 85.9 cm³/mol. The molecule has 0 aromatic heterocycles. The fourth-order valence-electron chi connectivity index (χ4n) is 2.24. The summed E-state index contributed by atoms with van der Waals surface area (Å²) in [5.41, 5.74) is 4.83. The molecule has 2 aromatic rings. The van der Waals surface area contributed by atoms with Gasteiger partial charge in [-0.1, -0.05) is 46.3 Å². The van der Waals surface area contributed by atoms with E-state index in [0.29, 0.717) is 6.61 Å². The lowest BCUT2D eigenvalue weighted by molar-refractivity contribution is 0.282. The molecule has 0 unspecified atom stereocenters. The third-order valence-electron chi connectivity index (χ3n) is 3.43. The number of methoxy groups -OCH3 is 1. The Balaban J connectivity index is 2.23. The largest absolute Gasteiger partial charge is 0.493 e. The molecular formula is C17H19BrO2. The van der Waals surface area contributed by atoms with Crippen LogP contribution in [0.4, 0.5) is 0 Å². The van der Waals surface area contributed by atoms with Gasteiger partial charge in [0.05, 0.1) is 7.11 Å². The van der Waals surface area contributed by atoms with Crippen LogP contribution in [0.1, 0.15) is 22.3 Å². The Labute approximate surface area is 128 Å². The highest BCUT2D eigenvalue weighted by Gasteiger charge is 2.10. The molecular weight excluding hydrogens is 316 g/mol. The van der Waals surface area contributed by atoms with Gasteiger partial charge in [-0.15, -0.1) is 0 Å². The quantitative estimate of drug-likeness (QED) is 0.732. The average Bonchev–Trinajstić information content (AvgIpc) is 2.46. The fraction of sp³-hybridized carbons (Fsp3) is 0.294. The maximum Gasteiger partial charge on any atom is 0.164 e. The summed E-state index contributed by atoms with van der Waals surface area (Å²) in [6.45, 7) is 4.77. The topological polar surface area (TPSA) is 18.5 Å². The number of hydrogen-bond donors (Lipinski definition) is 0. The van der Waals surface area contributed by atoms with Crippen LogP contribution in [0.25, 0.3) is 0 Å².